The van der Waals surface area contributed by atoms with Crippen LogP contribution in [-0.4, -0.2) is 24.3 Å². The number of nitrogens with one attached hydrogen (secondary N) is 1. The molecule has 24 heavy (non-hydrogen) atoms. The first kappa shape index (κ1) is 17.6. The van der Waals surface area contributed by atoms with Crippen LogP contribution in [0.4, 0.5) is 10.1 Å². The van der Waals surface area contributed by atoms with Crippen molar-refractivity contribution in [1.29, 1.82) is 0 Å². The minimum atomic E-state index is -0.738. The highest BCUT2D eigenvalue weighted by Crippen LogP contribution is 2.22. The topological polar surface area (TPSA) is 72.5 Å². The normalized spacial score (nSPS) is 10.1. The van der Waals surface area contributed by atoms with Gasteiger partial charge in [0.15, 0.2) is 12.4 Å². The second-order valence-electron chi connectivity index (χ2n) is 4.89. The smallest absolute Gasteiger partial charge is 0.338 e. The van der Waals surface area contributed by atoms with Crippen molar-refractivity contribution in [3.63, 3.8) is 0 Å². The third-order valence-corrected chi connectivity index (χ3v) is 3.36. The lowest BCUT2D eigenvalue weighted by atomic mass is 10.1. The summed E-state index contributed by atoms with van der Waals surface area (Å²) in [4.78, 5) is 35.0. The molecule has 0 heterocycles. The molecule has 1 amide bonds. The maximum Gasteiger partial charge on any atom is 0.338 e. The quantitative estimate of drug-likeness (QED) is 0.662. The van der Waals surface area contributed by atoms with Crippen LogP contribution in [0.25, 0.3) is 0 Å². The number of benzene rings is 2. The van der Waals surface area contributed by atoms with Crippen LogP contribution in [0.15, 0.2) is 42.5 Å². The van der Waals surface area contributed by atoms with E-state index in [1.807, 2.05) is 0 Å². The van der Waals surface area contributed by atoms with Crippen LogP contribution in [-0.2, 0) is 9.53 Å². The number of hydrogen-bond acceptors (Lipinski definition) is 4. The Morgan fingerprint density at radius 3 is 2.50 bits per heavy atom. The van der Waals surface area contributed by atoms with E-state index in [0.29, 0.717) is 5.56 Å². The predicted octanol–water partition coefficient (Wildman–Crippen LogP) is 3.48. The highest BCUT2D eigenvalue weighted by Gasteiger charge is 2.13. The van der Waals surface area contributed by atoms with Gasteiger partial charge >= 0.3 is 5.97 Å². The van der Waals surface area contributed by atoms with Crippen LogP contribution in [0, 0.1) is 5.82 Å². The molecular weight excluding hydrogens is 337 g/mol. The molecular formula is C17H13ClFNO4. The van der Waals surface area contributed by atoms with Gasteiger partial charge in [0.25, 0.3) is 5.91 Å². The van der Waals surface area contributed by atoms with E-state index in [9.17, 15) is 18.8 Å². The molecule has 0 saturated heterocycles. The first-order valence-electron chi connectivity index (χ1n) is 6.90. The number of halogens is 2. The summed E-state index contributed by atoms with van der Waals surface area (Å²) in [5.41, 5.74) is 0.736. The van der Waals surface area contributed by atoms with Gasteiger partial charge in [0.1, 0.15) is 5.82 Å². The van der Waals surface area contributed by atoms with E-state index in [0.717, 1.165) is 12.1 Å². The van der Waals surface area contributed by atoms with Crippen molar-refractivity contribution in [2.45, 2.75) is 6.92 Å². The van der Waals surface area contributed by atoms with Crippen LogP contribution < -0.4 is 5.32 Å². The molecule has 0 aliphatic rings. The summed E-state index contributed by atoms with van der Waals surface area (Å²) >= 11 is 5.78. The van der Waals surface area contributed by atoms with Gasteiger partial charge in [-0.05, 0) is 37.3 Å². The van der Waals surface area contributed by atoms with Crippen LogP contribution in [0.1, 0.15) is 27.6 Å². The fraction of sp³-hybridized carbons (Fsp3) is 0.118. The van der Waals surface area contributed by atoms with Crippen molar-refractivity contribution in [2.75, 3.05) is 11.9 Å². The zero-order valence-electron chi connectivity index (χ0n) is 12.6. The summed E-state index contributed by atoms with van der Waals surface area (Å²) in [6.07, 6.45) is 0. The van der Waals surface area contributed by atoms with Crippen molar-refractivity contribution in [3.05, 3.63) is 64.4 Å². The third-order valence-electron chi connectivity index (χ3n) is 3.04. The van der Waals surface area contributed by atoms with E-state index in [-0.39, 0.29) is 22.1 Å². The number of carbonyl (C=O) groups is 3. The van der Waals surface area contributed by atoms with E-state index < -0.39 is 24.3 Å². The zero-order valence-corrected chi connectivity index (χ0v) is 13.4. The van der Waals surface area contributed by atoms with Gasteiger partial charge in [-0.1, -0.05) is 23.7 Å². The Bertz CT molecular complexity index is 807. The molecule has 1 N–H and O–H groups in total. The summed E-state index contributed by atoms with van der Waals surface area (Å²) in [6.45, 7) is 0.834. The molecule has 0 saturated carbocycles. The Hall–Kier alpha value is -2.73. The number of esters is 1. The largest absolute Gasteiger partial charge is 0.452 e. The van der Waals surface area contributed by atoms with Gasteiger partial charge in [0, 0.05) is 5.56 Å². The molecule has 124 valence electrons. The van der Waals surface area contributed by atoms with Crippen molar-refractivity contribution in [2.24, 2.45) is 0 Å². The van der Waals surface area contributed by atoms with Crippen LogP contribution in [0.2, 0.25) is 5.02 Å². The Morgan fingerprint density at radius 1 is 1.12 bits per heavy atom. The third kappa shape index (κ3) is 4.63. The number of Topliss-reactive ketones (excluding diaryl/α,β-unsaturated/α-hetero) is 1. The highest BCUT2D eigenvalue weighted by molar-refractivity contribution is 6.33. The molecule has 7 heteroatoms. The maximum atomic E-state index is 12.9. The second kappa shape index (κ2) is 7.70. The minimum absolute atomic E-state index is 0.0313. The fourth-order valence-electron chi connectivity index (χ4n) is 1.86. The molecule has 0 atom stereocenters. The van der Waals surface area contributed by atoms with Gasteiger partial charge in [0.05, 0.1) is 16.3 Å². The van der Waals surface area contributed by atoms with Crippen LogP contribution in [0.3, 0.4) is 0 Å². The summed E-state index contributed by atoms with van der Waals surface area (Å²) in [5.74, 6) is -2.08. The summed E-state index contributed by atoms with van der Waals surface area (Å²) in [6, 6.07) is 9.47. The van der Waals surface area contributed by atoms with Gasteiger partial charge < -0.3 is 10.1 Å². The van der Waals surface area contributed by atoms with Gasteiger partial charge in [-0.25, -0.2) is 9.18 Å². The molecule has 2 aromatic rings. The molecule has 5 nitrogen and oxygen atoms in total. The van der Waals surface area contributed by atoms with Crippen molar-refractivity contribution < 1.29 is 23.5 Å². The molecule has 0 radical (unpaired) electrons. The molecule has 0 aliphatic carbocycles. The average Bonchev–Trinajstić information content (AvgIpc) is 2.55. The van der Waals surface area contributed by atoms with Crippen molar-refractivity contribution in [3.8, 4) is 0 Å². The second-order valence-corrected chi connectivity index (χ2v) is 5.29. The Kier molecular flexibility index (Phi) is 5.65. The first-order chi connectivity index (χ1) is 11.4. The van der Waals surface area contributed by atoms with E-state index in [4.69, 9.17) is 16.3 Å². The fourth-order valence-corrected chi connectivity index (χ4v) is 2.07. The van der Waals surface area contributed by atoms with E-state index in [2.05, 4.69) is 5.32 Å². The minimum Gasteiger partial charge on any atom is -0.452 e. The summed E-state index contributed by atoms with van der Waals surface area (Å²) in [5, 5.41) is 2.44. The Labute approximate surface area is 142 Å². The predicted molar refractivity (Wildman–Crippen MR) is 86.8 cm³/mol. The number of amides is 1. The number of ketones is 1. The monoisotopic (exact) mass is 349 g/mol. The number of anilines is 1. The van der Waals surface area contributed by atoms with Crippen molar-refractivity contribution >= 4 is 34.9 Å². The van der Waals surface area contributed by atoms with Crippen molar-refractivity contribution in [1.82, 2.24) is 0 Å². The van der Waals surface area contributed by atoms with Crippen LogP contribution >= 0.6 is 11.6 Å². The number of ether oxygens (including phenoxy) is 1. The molecule has 0 fully saturated rings. The average molecular weight is 350 g/mol. The number of hydrogen-bond donors (Lipinski definition) is 1. The Balaban J connectivity index is 1.95. The van der Waals surface area contributed by atoms with Gasteiger partial charge in [0.2, 0.25) is 0 Å². The zero-order chi connectivity index (χ0) is 17.7. The molecule has 0 unspecified atom stereocenters. The molecule has 0 bridgehead atoms. The van der Waals surface area contributed by atoms with Gasteiger partial charge in [-0.2, -0.15) is 0 Å². The van der Waals surface area contributed by atoms with E-state index >= 15 is 0 Å². The lowest BCUT2D eigenvalue weighted by Gasteiger charge is -2.08. The maximum absolute atomic E-state index is 12.9. The molecule has 0 aliphatic heterocycles. The number of carbonyl (C=O) groups excluding carboxylic acids is 3. The summed E-state index contributed by atoms with van der Waals surface area (Å²) in [7, 11) is 0. The molecule has 2 rings (SSSR count). The van der Waals surface area contributed by atoms with Crippen LogP contribution in [0.5, 0.6) is 0 Å². The van der Waals surface area contributed by atoms with E-state index in [1.165, 1.54) is 25.1 Å². The molecule has 2 aromatic carbocycles. The van der Waals surface area contributed by atoms with E-state index in [1.54, 1.807) is 12.1 Å². The van der Waals surface area contributed by atoms with Gasteiger partial charge in [-0.15, -0.1) is 0 Å². The summed E-state index contributed by atoms with van der Waals surface area (Å²) < 4.78 is 17.8. The first-order valence-corrected chi connectivity index (χ1v) is 7.27. The molecule has 0 spiro atoms. The lowest BCUT2D eigenvalue weighted by Crippen LogP contribution is -2.21. The lowest BCUT2D eigenvalue weighted by molar-refractivity contribution is -0.119. The highest BCUT2D eigenvalue weighted by atomic mass is 35.5. The Morgan fingerprint density at radius 2 is 1.83 bits per heavy atom. The number of rotatable bonds is 5. The SMILES string of the molecule is CC(=O)c1cccc(C(=O)OCC(=O)Nc2ccc(F)cc2Cl)c1. The molecule has 0 aromatic heterocycles. The standard InChI is InChI=1S/C17H13ClFNO4/c1-10(21)11-3-2-4-12(7-11)17(23)24-9-16(22)20-15-6-5-13(19)8-14(15)18/h2-8H,9H2,1H3,(H,20,22). The van der Waals surface area contributed by atoms with Gasteiger partial charge in [-0.3, -0.25) is 9.59 Å².